The van der Waals surface area contributed by atoms with Crippen molar-refractivity contribution in [2.75, 3.05) is 23.3 Å². The maximum Gasteiger partial charge on any atom is 0.126 e. The molecule has 0 saturated carbocycles. The van der Waals surface area contributed by atoms with Gasteiger partial charge in [0.25, 0.3) is 0 Å². The molecule has 1 aromatic carbocycles. The zero-order valence-electron chi connectivity index (χ0n) is 10.2. The molecule has 1 fully saturated rings. The number of nitrogens with zero attached hydrogens (tertiary/aromatic N) is 2. The maximum absolute atomic E-state index is 9.16. The molecule has 1 N–H and O–H groups in total. The number of fused-ring (bicyclic) bond motifs is 1. The first-order chi connectivity index (χ1) is 8.20. The van der Waals surface area contributed by atoms with Crippen LogP contribution < -0.4 is 10.2 Å². The molecule has 0 aromatic heterocycles. The number of nitriles is 1. The van der Waals surface area contributed by atoms with E-state index < -0.39 is 5.54 Å². The molecule has 3 heteroatoms. The molecule has 1 aromatic rings. The summed E-state index contributed by atoms with van der Waals surface area (Å²) in [7, 11) is 0. The van der Waals surface area contributed by atoms with Crippen molar-refractivity contribution in [1.29, 1.82) is 5.26 Å². The van der Waals surface area contributed by atoms with Gasteiger partial charge in [0.2, 0.25) is 0 Å². The van der Waals surface area contributed by atoms with Crippen LogP contribution in [0, 0.1) is 11.3 Å². The predicted molar refractivity (Wildman–Crippen MR) is 69.2 cm³/mol. The first-order valence-corrected chi connectivity index (χ1v) is 6.27. The van der Waals surface area contributed by atoms with Crippen LogP contribution in [0.25, 0.3) is 0 Å². The molecule has 0 spiro atoms. The lowest BCUT2D eigenvalue weighted by Gasteiger charge is -2.18. The van der Waals surface area contributed by atoms with Gasteiger partial charge in [-0.2, -0.15) is 5.26 Å². The Morgan fingerprint density at radius 3 is 2.82 bits per heavy atom. The van der Waals surface area contributed by atoms with Crippen molar-refractivity contribution >= 4 is 11.4 Å². The minimum Gasteiger partial charge on any atom is -0.372 e. The molecule has 0 radical (unpaired) electrons. The highest BCUT2D eigenvalue weighted by atomic mass is 15.1. The van der Waals surface area contributed by atoms with Crippen molar-refractivity contribution in [1.82, 2.24) is 0 Å². The normalized spacial score (nSPS) is 26.5. The van der Waals surface area contributed by atoms with Crippen molar-refractivity contribution < 1.29 is 0 Å². The zero-order chi connectivity index (χ0) is 11.9. The minimum absolute atomic E-state index is 0.425. The quantitative estimate of drug-likeness (QED) is 0.801. The minimum atomic E-state index is -0.425. The Kier molecular flexibility index (Phi) is 2.25. The lowest BCUT2D eigenvalue weighted by atomic mass is 9.99. The highest BCUT2D eigenvalue weighted by Crippen LogP contribution is 2.35. The third-order valence-corrected chi connectivity index (χ3v) is 3.76. The van der Waals surface area contributed by atoms with Gasteiger partial charge in [0, 0.05) is 30.9 Å². The van der Waals surface area contributed by atoms with Crippen LogP contribution >= 0.6 is 0 Å². The van der Waals surface area contributed by atoms with Crippen LogP contribution in [-0.2, 0) is 6.42 Å². The molecule has 0 aliphatic carbocycles. The Balaban J connectivity index is 1.90. The summed E-state index contributed by atoms with van der Waals surface area (Å²) in [6.07, 6.45) is 3.40. The van der Waals surface area contributed by atoms with Crippen LogP contribution in [0.3, 0.4) is 0 Å². The van der Waals surface area contributed by atoms with Crippen molar-refractivity contribution in [3.63, 3.8) is 0 Å². The van der Waals surface area contributed by atoms with Gasteiger partial charge in [-0.15, -0.1) is 0 Å². The van der Waals surface area contributed by atoms with E-state index in [0.717, 1.165) is 12.1 Å². The number of anilines is 2. The smallest absolute Gasteiger partial charge is 0.126 e. The van der Waals surface area contributed by atoms with E-state index >= 15 is 0 Å². The molecular weight excluding hydrogens is 210 g/mol. The summed E-state index contributed by atoms with van der Waals surface area (Å²) >= 11 is 0. The molecule has 3 nitrogen and oxygen atoms in total. The van der Waals surface area contributed by atoms with E-state index in [-0.39, 0.29) is 0 Å². The van der Waals surface area contributed by atoms with Gasteiger partial charge in [-0.3, -0.25) is 0 Å². The second-order valence-electron chi connectivity index (χ2n) is 5.28. The summed E-state index contributed by atoms with van der Waals surface area (Å²) in [5.74, 6) is 0. The first-order valence-electron chi connectivity index (χ1n) is 6.27. The van der Waals surface area contributed by atoms with Gasteiger partial charge < -0.3 is 10.2 Å². The predicted octanol–water partition coefficient (Wildman–Crippen LogP) is 2.54. The summed E-state index contributed by atoms with van der Waals surface area (Å²) in [5.41, 5.74) is 3.28. The number of hydrogen-bond acceptors (Lipinski definition) is 3. The van der Waals surface area contributed by atoms with E-state index in [9.17, 15) is 0 Å². The van der Waals surface area contributed by atoms with E-state index in [2.05, 4.69) is 34.5 Å². The Bertz CT molecular complexity index is 483. The largest absolute Gasteiger partial charge is 0.372 e. The Morgan fingerprint density at radius 1 is 1.35 bits per heavy atom. The van der Waals surface area contributed by atoms with Gasteiger partial charge >= 0.3 is 0 Å². The molecule has 1 unspecified atom stereocenters. The topological polar surface area (TPSA) is 39.1 Å². The molecule has 1 saturated heterocycles. The molecule has 2 aliphatic rings. The van der Waals surface area contributed by atoms with E-state index in [1.165, 1.54) is 37.2 Å². The molecular formula is C14H17N3. The summed E-state index contributed by atoms with van der Waals surface area (Å²) in [4.78, 5) is 2.43. The van der Waals surface area contributed by atoms with Gasteiger partial charge in [0.1, 0.15) is 5.54 Å². The SMILES string of the molecule is CC1(C#N)Cc2cc(N3CCCC3)ccc2N1. The summed E-state index contributed by atoms with van der Waals surface area (Å²) in [6.45, 7) is 4.30. The van der Waals surface area contributed by atoms with E-state index in [1.54, 1.807) is 0 Å². The van der Waals surface area contributed by atoms with E-state index in [4.69, 9.17) is 5.26 Å². The number of rotatable bonds is 1. The van der Waals surface area contributed by atoms with Gasteiger partial charge in [-0.1, -0.05) is 0 Å². The second kappa shape index (κ2) is 3.66. The Morgan fingerprint density at radius 2 is 2.12 bits per heavy atom. The van der Waals surface area contributed by atoms with Crippen molar-refractivity contribution in [3.8, 4) is 6.07 Å². The van der Waals surface area contributed by atoms with Crippen LogP contribution in [0.15, 0.2) is 18.2 Å². The van der Waals surface area contributed by atoms with Crippen molar-refractivity contribution in [2.24, 2.45) is 0 Å². The fourth-order valence-electron chi connectivity index (χ4n) is 2.81. The molecule has 17 heavy (non-hydrogen) atoms. The molecule has 2 heterocycles. The monoisotopic (exact) mass is 227 g/mol. The number of hydrogen-bond donors (Lipinski definition) is 1. The van der Waals surface area contributed by atoms with Crippen molar-refractivity contribution in [3.05, 3.63) is 23.8 Å². The summed E-state index contributed by atoms with van der Waals surface area (Å²) in [5, 5.41) is 12.5. The third-order valence-electron chi connectivity index (χ3n) is 3.76. The Hall–Kier alpha value is -1.69. The average Bonchev–Trinajstić information content (AvgIpc) is 2.94. The highest BCUT2D eigenvalue weighted by Gasteiger charge is 2.32. The van der Waals surface area contributed by atoms with Crippen LogP contribution in [0.5, 0.6) is 0 Å². The summed E-state index contributed by atoms with van der Waals surface area (Å²) in [6, 6.07) is 8.88. The standard InChI is InChI=1S/C14H17N3/c1-14(10-15)9-11-8-12(4-5-13(11)16-14)17-6-2-3-7-17/h4-5,8,16H,2-3,6-7,9H2,1H3. The number of nitrogens with one attached hydrogen (secondary N) is 1. The first kappa shape index (κ1) is 10.5. The third kappa shape index (κ3) is 1.74. The van der Waals surface area contributed by atoms with Crippen LogP contribution in [0.2, 0.25) is 0 Å². The Labute approximate surface area is 102 Å². The van der Waals surface area contributed by atoms with Crippen molar-refractivity contribution in [2.45, 2.75) is 31.7 Å². The van der Waals surface area contributed by atoms with Crippen LogP contribution in [-0.4, -0.2) is 18.6 Å². The lowest BCUT2D eigenvalue weighted by molar-refractivity contribution is 0.682. The number of benzene rings is 1. The highest BCUT2D eigenvalue weighted by molar-refractivity contribution is 5.66. The zero-order valence-corrected chi connectivity index (χ0v) is 10.2. The van der Waals surface area contributed by atoms with Gasteiger partial charge in [0.15, 0.2) is 0 Å². The van der Waals surface area contributed by atoms with Gasteiger partial charge in [0.05, 0.1) is 6.07 Å². The molecule has 88 valence electrons. The fourth-order valence-corrected chi connectivity index (χ4v) is 2.81. The van der Waals surface area contributed by atoms with E-state index in [0.29, 0.717) is 0 Å². The molecule has 1 atom stereocenters. The van der Waals surface area contributed by atoms with Crippen LogP contribution in [0.1, 0.15) is 25.3 Å². The molecule has 0 bridgehead atoms. The van der Waals surface area contributed by atoms with E-state index in [1.807, 2.05) is 6.92 Å². The van der Waals surface area contributed by atoms with Gasteiger partial charge in [-0.05, 0) is 43.5 Å². The maximum atomic E-state index is 9.16. The molecule has 3 rings (SSSR count). The van der Waals surface area contributed by atoms with Crippen LogP contribution in [0.4, 0.5) is 11.4 Å². The fraction of sp³-hybridized carbons (Fsp3) is 0.500. The average molecular weight is 227 g/mol. The second-order valence-corrected chi connectivity index (χ2v) is 5.28. The summed E-state index contributed by atoms with van der Waals surface area (Å²) < 4.78 is 0. The van der Waals surface area contributed by atoms with Gasteiger partial charge in [-0.25, -0.2) is 0 Å². The lowest BCUT2D eigenvalue weighted by Crippen LogP contribution is -2.29. The molecule has 0 amide bonds. The molecule has 2 aliphatic heterocycles.